The molecule has 1 aromatic carbocycles. The maximum Gasteiger partial charge on any atom is 0.335 e. The molecule has 1 saturated heterocycles. The fraction of sp³-hybridized carbons (Fsp3) is 0.533. The van der Waals surface area contributed by atoms with E-state index in [0.717, 1.165) is 17.8 Å². The number of benzene rings is 1. The summed E-state index contributed by atoms with van der Waals surface area (Å²) in [6.07, 6.45) is 2.50. The Morgan fingerprint density at radius 1 is 1.39 bits per heavy atom. The first kappa shape index (κ1) is 12.9. The maximum absolute atomic E-state index is 11.0. The van der Waals surface area contributed by atoms with Crippen LogP contribution in [-0.2, 0) is 0 Å². The number of rotatable bonds is 2. The van der Waals surface area contributed by atoms with Crippen molar-refractivity contribution in [2.45, 2.75) is 39.7 Å². The van der Waals surface area contributed by atoms with Gasteiger partial charge in [0.25, 0.3) is 0 Å². The first-order chi connectivity index (χ1) is 8.50. The summed E-state index contributed by atoms with van der Waals surface area (Å²) in [5.74, 6) is -0.155. The predicted molar refractivity (Wildman–Crippen MR) is 73.3 cm³/mol. The van der Waals surface area contributed by atoms with Crippen molar-refractivity contribution in [1.29, 1.82) is 0 Å². The van der Waals surface area contributed by atoms with Gasteiger partial charge in [0.1, 0.15) is 0 Å². The SMILES string of the molecule is Cc1cc(N2CCCC(C)C2C)ccc1C(=O)O. The van der Waals surface area contributed by atoms with Gasteiger partial charge in [0.15, 0.2) is 0 Å². The van der Waals surface area contributed by atoms with Gasteiger partial charge in [-0.3, -0.25) is 0 Å². The number of aromatic carboxylic acids is 1. The van der Waals surface area contributed by atoms with E-state index in [1.54, 1.807) is 6.07 Å². The zero-order chi connectivity index (χ0) is 13.3. The highest BCUT2D eigenvalue weighted by molar-refractivity contribution is 5.89. The number of carbonyl (C=O) groups is 1. The van der Waals surface area contributed by atoms with Crippen LogP contribution in [0.15, 0.2) is 18.2 Å². The zero-order valence-electron chi connectivity index (χ0n) is 11.3. The number of carboxylic acid groups (broad SMARTS) is 1. The van der Waals surface area contributed by atoms with Gasteiger partial charge >= 0.3 is 5.97 Å². The molecule has 0 bridgehead atoms. The standard InChI is InChI=1S/C15H21NO2/c1-10-5-4-8-16(12(10)3)13-6-7-14(15(17)18)11(2)9-13/h6-7,9-10,12H,4-5,8H2,1-3H3,(H,17,18). The van der Waals surface area contributed by atoms with Crippen molar-refractivity contribution in [3.8, 4) is 0 Å². The zero-order valence-corrected chi connectivity index (χ0v) is 11.3. The molecule has 1 heterocycles. The van der Waals surface area contributed by atoms with Crippen LogP contribution >= 0.6 is 0 Å². The molecule has 0 saturated carbocycles. The van der Waals surface area contributed by atoms with E-state index in [2.05, 4.69) is 18.7 Å². The first-order valence-electron chi connectivity index (χ1n) is 6.61. The summed E-state index contributed by atoms with van der Waals surface area (Å²) in [7, 11) is 0. The van der Waals surface area contributed by atoms with Crippen LogP contribution in [0.3, 0.4) is 0 Å². The van der Waals surface area contributed by atoms with Crippen molar-refractivity contribution in [1.82, 2.24) is 0 Å². The second kappa shape index (κ2) is 5.01. The minimum atomic E-state index is -0.848. The van der Waals surface area contributed by atoms with Gasteiger partial charge < -0.3 is 10.0 Å². The van der Waals surface area contributed by atoms with Gasteiger partial charge in [0, 0.05) is 18.3 Å². The van der Waals surface area contributed by atoms with Crippen LogP contribution < -0.4 is 4.90 Å². The third-order valence-corrected chi connectivity index (χ3v) is 4.15. The fourth-order valence-corrected chi connectivity index (χ4v) is 2.77. The third kappa shape index (κ3) is 2.35. The van der Waals surface area contributed by atoms with Crippen molar-refractivity contribution >= 4 is 11.7 Å². The summed E-state index contributed by atoms with van der Waals surface area (Å²) in [6, 6.07) is 6.18. The molecule has 3 heteroatoms. The average molecular weight is 247 g/mol. The number of anilines is 1. The molecule has 1 aromatic rings. The number of piperidine rings is 1. The highest BCUT2D eigenvalue weighted by Gasteiger charge is 2.25. The Bertz CT molecular complexity index is 456. The molecule has 2 atom stereocenters. The smallest absolute Gasteiger partial charge is 0.335 e. The topological polar surface area (TPSA) is 40.5 Å². The van der Waals surface area contributed by atoms with Crippen molar-refractivity contribution in [3.05, 3.63) is 29.3 Å². The highest BCUT2D eigenvalue weighted by atomic mass is 16.4. The molecule has 18 heavy (non-hydrogen) atoms. The summed E-state index contributed by atoms with van der Waals surface area (Å²) in [5.41, 5.74) is 2.39. The van der Waals surface area contributed by atoms with Gasteiger partial charge in [-0.2, -0.15) is 0 Å². The molecule has 2 rings (SSSR count). The van der Waals surface area contributed by atoms with E-state index in [9.17, 15) is 4.79 Å². The van der Waals surface area contributed by atoms with Gasteiger partial charge in [-0.25, -0.2) is 4.79 Å². The Hall–Kier alpha value is -1.51. The molecule has 1 aliphatic heterocycles. The van der Waals surface area contributed by atoms with E-state index in [1.807, 2.05) is 19.1 Å². The minimum absolute atomic E-state index is 0.400. The minimum Gasteiger partial charge on any atom is -0.478 e. The Morgan fingerprint density at radius 3 is 2.72 bits per heavy atom. The van der Waals surface area contributed by atoms with Crippen molar-refractivity contribution in [3.63, 3.8) is 0 Å². The van der Waals surface area contributed by atoms with Crippen LogP contribution in [0.5, 0.6) is 0 Å². The van der Waals surface area contributed by atoms with Crippen molar-refractivity contribution in [2.75, 3.05) is 11.4 Å². The average Bonchev–Trinajstić information content (AvgIpc) is 2.32. The monoisotopic (exact) mass is 247 g/mol. The number of carboxylic acids is 1. The molecule has 0 amide bonds. The van der Waals surface area contributed by atoms with E-state index >= 15 is 0 Å². The lowest BCUT2D eigenvalue weighted by molar-refractivity contribution is 0.0696. The number of hydrogen-bond acceptors (Lipinski definition) is 2. The van der Waals surface area contributed by atoms with Crippen molar-refractivity contribution in [2.24, 2.45) is 5.92 Å². The Balaban J connectivity index is 2.28. The lowest BCUT2D eigenvalue weighted by atomic mass is 9.91. The van der Waals surface area contributed by atoms with E-state index < -0.39 is 5.97 Å². The number of nitrogens with zero attached hydrogens (tertiary/aromatic N) is 1. The van der Waals surface area contributed by atoms with Crippen molar-refractivity contribution < 1.29 is 9.90 Å². The maximum atomic E-state index is 11.0. The molecule has 3 nitrogen and oxygen atoms in total. The first-order valence-corrected chi connectivity index (χ1v) is 6.61. The van der Waals surface area contributed by atoms with Crippen LogP contribution in [0, 0.1) is 12.8 Å². The molecular formula is C15H21NO2. The van der Waals surface area contributed by atoms with Crippen LogP contribution in [0.25, 0.3) is 0 Å². The normalized spacial score (nSPS) is 24.1. The predicted octanol–water partition coefficient (Wildman–Crippen LogP) is 3.32. The molecule has 1 N–H and O–H groups in total. The second-order valence-electron chi connectivity index (χ2n) is 5.36. The second-order valence-corrected chi connectivity index (χ2v) is 5.36. The van der Waals surface area contributed by atoms with Gasteiger partial charge in [0.2, 0.25) is 0 Å². The Morgan fingerprint density at radius 2 is 2.11 bits per heavy atom. The molecular weight excluding hydrogens is 226 g/mol. The van der Waals surface area contributed by atoms with Gasteiger partial charge in [-0.05, 0) is 56.4 Å². The third-order valence-electron chi connectivity index (χ3n) is 4.15. The fourth-order valence-electron chi connectivity index (χ4n) is 2.77. The summed E-state index contributed by atoms with van der Waals surface area (Å²) >= 11 is 0. The molecule has 1 fully saturated rings. The van der Waals surface area contributed by atoms with Crippen LogP contribution in [0.2, 0.25) is 0 Å². The lowest BCUT2D eigenvalue weighted by Crippen LogP contribution is -2.42. The number of aryl methyl sites for hydroxylation is 1. The van der Waals surface area contributed by atoms with E-state index in [4.69, 9.17) is 5.11 Å². The summed E-state index contributed by atoms with van der Waals surface area (Å²) < 4.78 is 0. The molecule has 98 valence electrons. The van der Waals surface area contributed by atoms with Gasteiger partial charge in [-0.1, -0.05) is 6.92 Å². The Labute approximate surface area is 108 Å². The highest BCUT2D eigenvalue weighted by Crippen LogP contribution is 2.29. The van der Waals surface area contributed by atoms with E-state index in [1.165, 1.54) is 12.8 Å². The largest absolute Gasteiger partial charge is 0.478 e. The molecule has 0 aromatic heterocycles. The molecule has 1 aliphatic rings. The van der Waals surface area contributed by atoms with Crippen LogP contribution in [-0.4, -0.2) is 23.7 Å². The van der Waals surface area contributed by atoms with Gasteiger partial charge in [0.05, 0.1) is 5.56 Å². The Kier molecular flexibility index (Phi) is 3.60. The summed E-state index contributed by atoms with van der Waals surface area (Å²) in [6.45, 7) is 7.47. The summed E-state index contributed by atoms with van der Waals surface area (Å²) in [4.78, 5) is 13.4. The quantitative estimate of drug-likeness (QED) is 0.871. The molecule has 0 radical (unpaired) electrons. The molecule has 0 aliphatic carbocycles. The van der Waals surface area contributed by atoms with Crippen LogP contribution in [0.4, 0.5) is 5.69 Å². The lowest BCUT2D eigenvalue weighted by Gasteiger charge is -2.39. The van der Waals surface area contributed by atoms with Gasteiger partial charge in [-0.15, -0.1) is 0 Å². The van der Waals surface area contributed by atoms with E-state index in [0.29, 0.717) is 17.5 Å². The van der Waals surface area contributed by atoms with E-state index in [-0.39, 0.29) is 0 Å². The number of hydrogen-bond donors (Lipinski definition) is 1. The molecule has 2 unspecified atom stereocenters. The molecule has 0 spiro atoms. The summed E-state index contributed by atoms with van der Waals surface area (Å²) in [5, 5.41) is 9.05. The van der Waals surface area contributed by atoms with Crippen LogP contribution in [0.1, 0.15) is 42.6 Å².